The Morgan fingerprint density at radius 2 is 2.00 bits per heavy atom. The molecule has 0 bridgehead atoms. The van der Waals surface area contributed by atoms with E-state index in [4.69, 9.17) is 10.6 Å². The molecule has 0 aromatic carbocycles. The molecule has 0 heterocycles. The maximum Gasteiger partial charge on any atom is 0.0990 e. The summed E-state index contributed by atoms with van der Waals surface area (Å²) in [6, 6.07) is 0. The zero-order chi connectivity index (χ0) is 8.20. The molecule has 1 atom stereocenters. The van der Waals surface area contributed by atoms with E-state index in [0.29, 0.717) is 6.54 Å². The molecule has 0 saturated carbocycles. The fourth-order valence-electron chi connectivity index (χ4n) is 0.687. The molecule has 62 valence electrons. The van der Waals surface area contributed by atoms with Gasteiger partial charge in [-0.1, -0.05) is 6.92 Å². The summed E-state index contributed by atoms with van der Waals surface area (Å²) in [5, 5.41) is 1.69. The average molecular weight is 146 g/mol. The van der Waals surface area contributed by atoms with Crippen LogP contribution in [0.3, 0.4) is 0 Å². The van der Waals surface area contributed by atoms with Crippen LogP contribution >= 0.6 is 0 Å². The van der Waals surface area contributed by atoms with Crippen LogP contribution in [0.1, 0.15) is 20.3 Å². The Bertz CT molecular complexity index is 89.6. The molecule has 1 unspecified atom stereocenters. The molecule has 0 radical (unpaired) electrons. The van der Waals surface area contributed by atoms with Crippen molar-refractivity contribution in [2.45, 2.75) is 25.9 Å². The van der Waals surface area contributed by atoms with Gasteiger partial charge in [-0.3, -0.25) is 4.84 Å². The SMILES string of the molecule is CCC(C)(CN)ON(C)C. The first-order valence-electron chi connectivity index (χ1n) is 3.60. The average Bonchev–Trinajstić information content (AvgIpc) is 1.87. The minimum absolute atomic E-state index is 0.191. The van der Waals surface area contributed by atoms with Crippen molar-refractivity contribution >= 4 is 0 Å². The third-order valence-corrected chi connectivity index (χ3v) is 1.58. The molecular formula is C7H18N2O. The van der Waals surface area contributed by atoms with E-state index in [1.807, 2.05) is 21.0 Å². The first-order valence-corrected chi connectivity index (χ1v) is 3.60. The number of nitrogens with two attached hydrogens (primary N) is 1. The second kappa shape index (κ2) is 3.91. The third-order valence-electron chi connectivity index (χ3n) is 1.58. The van der Waals surface area contributed by atoms with Crippen molar-refractivity contribution in [1.29, 1.82) is 0 Å². The van der Waals surface area contributed by atoms with Gasteiger partial charge in [-0.15, -0.1) is 0 Å². The van der Waals surface area contributed by atoms with Crippen molar-refractivity contribution < 1.29 is 4.84 Å². The number of hydroxylamine groups is 2. The summed E-state index contributed by atoms with van der Waals surface area (Å²) in [6.07, 6.45) is 0.932. The predicted molar refractivity (Wildman–Crippen MR) is 42.5 cm³/mol. The Labute approximate surface area is 63.1 Å². The first-order chi connectivity index (χ1) is 4.54. The van der Waals surface area contributed by atoms with Crippen LogP contribution in [0.15, 0.2) is 0 Å². The molecule has 0 aromatic heterocycles. The molecule has 0 fully saturated rings. The molecule has 3 heteroatoms. The van der Waals surface area contributed by atoms with Crippen LogP contribution in [0, 0.1) is 0 Å². The van der Waals surface area contributed by atoms with Crippen molar-refractivity contribution in [1.82, 2.24) is 5.06 Å². The predicted octanol–water partition coefficient (Wildman–Crippen LogP) is 0.607. The van der Waals surface area contributed by atoms with Crippen LogP contribution in [0.2, 0.25) is 0 Å². The lowest BCUT2D eigenvalue weighted by molar-refractivity contribution is -0.210. The van der Waals surface area contributed by atoms with Gasteiger partial charge < -0.3 is 5.73 Å². The topological polar surface area (TPSA) is 38.5 Å². The smallest absolute Gasteiger partial charge is 0.0990 e. The largest absolute Gasteiger partial charge is 0.328 e. The van der Waals surface area contributed by atoms with E-state index in [9.17, 15) is 0 Å². The molecule has 0 saturated heterocycles. The van der Waals surface area contributed by atoms with Gasteiger partial charge in [-0.05, 0) is 13.3 Å². The molecule has 2 N–H and O–H groups in total. The zero-order valence-corrected chi connectivity index (χ0v) is 7.35. The Morgan fingerprint density at radius 3 is 2.10 bits per heavy atom. The maximum atomic E-state index is 5.51. The van der Waals surface area contributed by atoms with Crippen molar-refractivity contribution in [2.24, 2.45) is 5.73 Å². The summed E-state index contributed by atoms with van der Waals surface area (Å²) in [4.78, 5) is 5.44. The van der Waals surface area contributed by atoms with Crippen LogP contribution in [-0.4, -0.2) is 31.3 Å². The number of hydrogen-bond acceptors (Lipinski definition) is 3. The lowest BCUT2D eigenvalue weighted by Gasteiger charge is -2.29. The summed E-state index contributed by atoms with van der Waals surface area (Å²) in [7, 11) is 3.73. The lowest BCUT2D eigenvalue weighted by Crippen LogP contribution is -2.41. The standard InChI is InChI=1S/C7H18N2O/c1-5-7(2,6-8)10-9(3)4/h5-6,8H2,1-4H3. The van der Waals surface area contributed by atoms with Gasteiger partial charge in [0.1, 0.15) is 0 Å². The normalized spacial score (nSPS) is 17.4. The number of rotatable bonds is 4. The van der Waals surface area contributed by atoms with Gasteiger partial charge in [-0.2, -0.15) is 5.06 Å². The number of nitrogens with zero attached hydrogens (tertiary/aromatic N) is 1. The van der Waals surface area contributed by atoms with Gasteiger partial charge in [-0.25, -0.2) is 0 Å². The van der Waals surface area contributed by atoms with E-state index in [1.165, 1.54) is 0 Å². The molecule has 0 aliphatic rings. The molecule has 0 aromatic rings. The highest BCUT2D eigenvalue weighted by Gasteiger charge is 2.21. The number of hydrogen-bond donors (Lipinski definition) is 1. The molecule has 0 aliphatic carbocycles. The van der Waals surface area contributed by atoms with Crippen LogP contribution in [0.4, 0.5) is 0 Å². The molecule has 0 amide bonds. The van der Waals surface area contributed by atoms with E-state index in [2.05, 4.69) is 6.92 Å². The molecule has 10 heavy (non-hydrogen) atoms. The Kier molecular flexibility index (Phi) is 3.86. The maximum absolute atomic E-state index is 5.51. The Hall–Kier alpha value is -0.120. The highest BCUT2D eigenvalue weighted by Crippen LogP contribution is 2.13. The van der Waals surface area contributed by atoms with Crippen LogP contribution in [0.5, 0.6) is 0 Å². The van der Waals surface area contributed by atoms with Gasteiger partial charge in [0.2, 0.25) is 0 Å². The van der Waals surface area contributed by atoms with E-state index in [0.717, 1.165) is 6.42 Å². The summed E-state index contributed by atoms with van der Waals surface area (Å²) in [5.74, 6) is 0. The summed E-state index contributed by atoms with van der Waals surface area (Å²) < 4.78 is 0. The second-order valence-corrected chi connectivity index (χ2v) is 2.91. The van der Waals surface area contributed by atoms with Crippen molar-refractivity contribution in [3.8, 4) is 0 Å². The van der Waals surface area contributed by atoms with Crippen molar-refractivity contribution in [3.63, 3.8) is 0 Å². The third kappa shape index (κ3) is 3.15. The molecule has 0 aliphatic heterocycles. The molecule has 3 nitrogen and oxygen atoms in total. The quantitative estimate of drug-likeness (QED) is 0.590. The lowest BCUT2D eigenvalue weighted by atomic mass is 10.1. The van der Waals surface area contributed by atoms with Crippen LogP contribution in [0.25, 0.3) is 0 Å². The van der Waals surface area contributed by atoms with E-state index in [1.54, 1.807) is 5.06 Å². The summed E-state index contributed by atoms with van der Waals surface area (Å²) in [6.45, 7) is 4.63. The fraction of sp³-hybridized carbons (Fsp3) is 1.00. The van der Waals surface area contributed by atoms with Crippen LogP contribution < -0.4 is 5.73 Å². The second-order valence-electron chi connectivity index (χ2n) is 2.91. The van der Waals surface area contributed by atoms with Gasteiger partial charge in [0.05, 0.1) is 5.60 Å². The molecule has 0 spiro atoms. The Balaban J connectivity index is 3.80. The van der Waals surface area contributed by atoms with Gasteiger partial charge in [0, 0.05) is 20.6 Å². The van der Waals surface area contributed by atoms with Crippen molar-refractivity contribution in [3.05, 3.63) is 0 Å². The summed E-state index contributed by atoms with van der Waals surface area (Å²) >= 11 is 0. The molecular weight excluding hydrogens is 128 g/mol. The Morgan fingerprint density at radius 1 is 1.50 bits per heavy atom. The van der Waals surface area contributed by atoms with Gasteiger partial charge >= 0.3 is 0 Å². The molecule has 0 rings (SSSR count). The van der Waals surface area contributed by atoms with E-state index >= 15 is 0 Å². The fourth-order valence-corrected chi connectivity index (χ4v) is 0.687. The highest BCUT2D eigenvalue weighted by atomic mass is 16.7. The van der Waals surface area contributed by atoms with Gasteiger partial charge in [0.25, 0.3) is 0 Å². The minimum atomic E-state index is -0.191. The van der Waals surface area contributed by atoms with E-state index in [-0.39, 0.29) is 5.60 Å². The monoisotopic (exact) mass is 146 g/mol. The summed E-state index contributed by atoms with van der Waals surface area (Å²) in [5.41, 5.74) is 5.32. The first kappa shape index (κ1) is 9.88. The van der Waals surface area contributed by atoms with Crippen LogP contribution in [-0.2, 0) is 4.84 Å². The zero-order valence-electron chi connectivity index (χ0n) is 7.35. The van der Waals surface area contributed by atoms with Crippen molar-refractivity contribution in [2.75, 3.05) is 20.6 Å². The minimum Gasteiger partial charge on any atom is -0.328 e. The highest BCUT2D eigenvalue weighted by molar-refractivity contribution is 4.72. The van der Waals surface area contributed by atoms with Gasteiger partial charge in [0.15, 0.2) is 0 Å². The van der Waals surface area contributed by atoms with E-state index < -0.39 is 0 Å².